The van der Waals surface area contributed by atoms with E-state index in [0.29, 0.717) is 43.0 Å². The number of carboxylic acids is 1. The fourth-order valence-corrected chi connectivity index (χ4v) is 4.03. The normalized spacial score (nSPS) is 12.9. The Kier molecular flexibility index (Phi) is 11.7. The van der Waals surface area contributed by atoms with Crippen molar-refractivity contribution in [1.82, 2.24) is 10.6 Å². The van der Waals surface area contributed by atoms with Crippen molar-refractivity contribution in [1.29, 1.82) is 0 Å². The van der Waals surface area contributed by atoms with Gasteiger partial charge in [-0.3, -0.25) is 0 Å². The van der Waals surface area contributed by atoms with Crippen molar-refractivity contribution in [3.8, 4) is 11.5 Å². The predicted octanol–water partition coefficient (Wildman–Crippen LogP) is 5.84. The topological polar surface area (TPSA) is 79.8 Å². The predicted molar refractivity (Wildman–Crippen MR) is 145 cm³/mol. The zero-order valence-electron chi connectivity index (χ0n) is 21.4. The maximum Gasteiger partial charge on any atom is 0.333 e. The molecule has 0 amide bonds. The van der Waals surface area contributed by atoms with Crippen LogP contribution in [0.5, 0.6) is 11.5 Å². The zero-order valence-corrected chi connectivity index (χ0v) is 22.2. The van der Waals surface area contributed by atoms with Crippen LogP contribution in [0.3, 0.4) is 0 Å². The Bertz CT molecular complexity index is 1260. The van der Waals surface area contributed by atoms with Crippen molar-refractivity contribution < 1.29 is 32.5 Å². The van der Waals surface area contributed by atoms with E-state index in [1.807, 2.05) is 24.3 Å². The zero-order chi connectivity index (χ0) is 28.2. The molecule has 1 aliphatic heterocycles. The summed E-state index contributed by atoms with van der Waals surface area (Å²) in [5.41, 5.74) is 3.09. The monoisotopic (exact) mass is 562 g/mol. The first kappa shape index (κ1) is 30.0. The van der Waals surface area contributed by atoms with Gasteiger partial charge in [0.05, 0.1) is 5.57 Å². The molecule has 0 spiro atoms. The Morgan fingerprint density at radius 3 is 2.33 bits per heavy atom. The molecule has 0 aromatic heterocycles. The first-order valence-electron chi connectivity index (χ1n) is 12.4. The number of hydrogen-bond acceptors (Lipinski definition) is 5. The molecule has 0 aliphatic carbocycles. The van der Waals surface area contributed by atoms with Gasteiger partial charge < -0.3 is 25.2 Å². The van der Waals surface area contributed by atoms with Crippen LogP contribution in [0.1, 0.15) is 24.5 Å². The summed E-state index contributed by atoms with van der Waals surface area (Å²) in [5.74, 6) is -4.36. The maximum atomic E-state index is 13.5. The Labute approximate surface area is 230 Å². The lowest BCUT2D eigenvalue weighted by Crippen LogP contribution is -2.28. The lowest BCUT2D eigenvalue weighted by molar-refractivity contribution is -0.132. The third-order valence-corrected chi connectivity index (χ3v) is 6.13. The molecule has 0 saturated carbocycles. The van der Waals surface area contributed by atoms with Crippen LogP contribution in [0, 0.1) is 17.5 Å². The fraction of sp³-hybridized carbons (Fsp3) is 0.276. The van der Waals surface area contributed by atoms with Crippen LogP contribution in [-0.4, -0.2) is 43.9 Å². The molecular weight excluding hydrogens is 533 g/mol. The van der Waals surface area contributed by atoms with Gasteiger partial charge in [0.15, 0.2) is 17.4 Å². The smallest absolute Gasteiger partial charge is 0.333 e. The summed E-state index contributed by atoms with van der Waals surface area (Å²) >= 11 is 5.92. The van der Waals surface area contributed by atoms with Gasteiger partial charge in [-0.25, -0.2) is 18.0 Å². The number of nitrogens with one attached hydrogen (secondary N) is 2. The number of halogens is 4. The quantitative estimate of drug-likeness (QED) is 0.269. The highest BCUT2D eigenvalue weighted by molar-refractivity contribution is 6.31. The SMILES string of the molecule is CCNCc1ccccc1Cl.O=C(O)C1=C(c2ccc(OCCOc3c(F)cc(F)cc3F)cc2)CCNC1. The number of ether oxygens (including phenoxy) is 2. The molecule has 0 fully saturated rings. The third-order valence-electron chi connectivity index (χ3n) is 5.76. The number of carbonyl (C=O) groups is 1. The van der Waals surface area contributed by atoms with Crippen LogP contribution < -0.4 is 20.1 Å². The molecule has 0 saturated heterocycles. The van der Waals surface area contributed by atoms with Gasteiger partial charge in [-0.1, -0.05) is 48.9 Å². The maximum absolute atomic E-state index is 13.5. The molecule has 4 rings (SSSR count). The highest BCUT2D eigenvalue weighted by Crippen LogP contribution is 2.27. The van der Waals surface area contributed by atoms with E-state index in [9.17, 15) is 23.1 Å². The first-order chi connectivity index (χ1) is 18.8. The summed E-state index contributed by atoms with van der Waals surface area (Å²) in [4.78, 5) is 11.4. The molecule has 1 aliphatic rings. The molecule has 39 heavy (non-hydrogen) atoms. The molecule has 3 aromatic carbocycles. The van der Waals surface area contributed by atoms with E-state index in [0.717, 1.165) is 34.8 Å². The number of carboxylic acid groups (broad SMARTS) is 1. The van der Waals surface area contributed by atoms with Gasteiger partial charge >= 0.3 is 5.97 Å². The lowest BCUT2D eigenvalue weighted by atomic mass is 9.94. The summed E-state index contributed by atoms with van der Waals surface area (Å²) in [6, 6.07) is 15.9. The molecule has 3 N–H and O–H groups in total. The van der Waals surface area contributed by atoms with Crippen molar-refractivity contribution in [2.45, 2.75) is 19.9 Å². The molecule has 0 atom stereocenters. The van der Waals surface area contributed by atoms with Crippen molar-refractivity contribution in [3.05, 3.63) is 99.8 Å². The fourth-order valence-electron chi connectivity index (χ4n) is 3.83. The van der Waals surface area contributed by atoms with E-state index in [1.165, 1.54) is 0 Å². The van der Waals surface area contributed by atoms with Gasteiger partial charge in [0.25, 0.3) is 0 Å². The van der Waals surface area contributed by atoms with Gasteiger partial charge in [0.2, 0.25) is 0 Å². The molecule has 1 heterocycles. The van der Waals surface area contributed by atoms with Crippen LogP contribution in [0.25, 0.3) is 5.57 Å². The van der Waals surface area contributed by atoms with E-state index < -0.39 is 29.2 Å². The van der Waals surface area contributed by atoms with E-state index >= 15 is 0 Å². The van der Waals surface area contributed by atoms with Crippen molar-refractivity contribution in [2.75, 3.05) is 32.8 Å². The van der Waals surface area contributed by atoms with Gasteiger partial charge in [-0.15, -0.1) is 0 Å². The average Bonchev–Trinajstić information content (AvgIpc) is 2.92. The van der Waals surface area contributed by atoms with Crippen LogP contribution in [-0.2, 0) is 11.3 Å². The van der Waals surface area contributed by atoms with Crippen LogP contribution in [0.15, 0.2) is 66.2 Å². The minimum Gasteiger partial charge on any atom is -0.490 e. The second-order valence-corrected chi connectivity index (χ2v) is 8.89. The standard InChI is InChI=1S/C20H18F3NO4.C9H12ClN/c21-13-9-17(22)19(18(23)10-13)28-8-7-27-14-3-1-12(2-4-14)15-5-6-24-11-16(15)20(25)26;1-2-11-7-8-5-3-4-6-9(8)10/h1-4,9-10,24H,5-8,11H2,(H,25,26);3-6,11H,2,7H2,1H3. The van der Waals surface area contributed by atoms with E-state index in [1.54, 1.807) is 24.3 Å². The minimum absolute atomic E-state index is 0.0165. The largest absolute Gasteiger partial charge is 0.490 e. The number of rotatable bonds is 10. The molecule has 3 aromatic rings. The summed E-state index contributed by atoms with van der Waals surface area (Å²) in [7, 11) is 0. The van der Waals surface area contributed by atoms with E-state index in [2.05, 4.69) is 17.6 Å². The summed E-state index contributed by atoms with van der Waals surface area (Å²) < 4.78 is 50.2. The van der Waals surface area contributed by atoms with Crippen LogP contribution in [0.2, 0.25) is 5.02 Å². The Morgan fingerprint density at radius 2 is 1.69 bits per heavy atom. The van der Waals surface area contributed by atoms with Gasteiger partial charge in [-0.05, 0) is 54.4 Å². The molecule has 0 unspecified atom stereocenters. The van der Waals surface area contributed by atoms with Crippen LogP contribution >= 0.6 is 11.6 Å². The second-order valence-electron chi connectivity index (χ2n) is 8.48. The van der Waals surface area contributed by atoms with E-state index in [4.69, 9.17) is 21.1 Å². The summed E-state index contributed by atoms with van der Waals surface area (Å²) in [6.07, 6.45) is 0.616. The van der Waals surface area contributed by atoms with Crippen LogP contribution in [0.4, 0.5) is 13.2 Å². The van der Waals surface area contributed by atoms with Gasteiger partial charge in [-0.2, -0.15) is 0 Å². The van der Waals surface area contributed by atoms with Gasteiger partial charge in [0, 0.05) is 30.2 Å². The molecule has 0 bridgehead atoms. The van der Waals surface area contributed by atoms with E-state index in [-0.39, 0.29) is 13.2 Å². The minimum atomic E-state index is -1.12. The molecule has 6 nitrogen and oxygen atoms in total. The van der Waals surface area contributed by atoms with Crippen molar-refractivity contribution in [3.63, 3.8) is 0 Å². The Hall–Kier alpha value is -3.53. The van der Waals surface area contributed by atoms with Gasteiger partial charge in [0.1, 0.15) is 24.8 Å². The highest BCUT2D eigenvalue weighted by atomic mass is 35.5. The molecular formula is C29H30ClF3N2O4. The van der Waals surface area contributed by atoms with Crippen molar-refractivity contribution in [2.24, 2.45) is 0 Å². The lowest BCUT2D eigenvalue weighted by Gasteiger charge is -2.19. The summed E-state index contributed by atoms with van der Waals surface area (Å²) in [6.45, 7) is 4.82. The molecule has 10 heteroatoms. The molecule has 208 valence electrons. The number of benzene rings is 3. The highest BCUT2D eigenvalue weighted by Gasteiger charge is 2.19. The number of aliphatic carboxylic acids is 1. The summed E-state index contributed by atoms with van der Waals surface area (Å²) in [5, 5.41) is 16.4. The second kappa shape index (κ2) is 15.2. The van der Waals surface area contributed by atoms with Crippen molar-refractivity contribution >= 4 is 23.1 Å². The Balaban J connectivity index is 0.000000320. The molecule has 0 radical (unpaired) electrons. The first-order valence-corrected chi connectivity index (χ1v) is 12.8. The third kappa shape index (κ3) is 9.02. The average molecular weight is 563 g/mol. The number of hydrogen-bond donors (Lipinski definition) is 3. The Morgan fingerprint density at radius 1 is 1.03 bits per heavy atom.